The van der Waals surface area contributed by atoms with E-state index in [0.29, 0.717) is 18.9 Å². The molecule has 2 aliphatic heterocycles. The number of hydrogen-bond acceptors (Lipinski definition) is 7. The predicted molar refractivity (Wildman–Crippen MR) is 191 cm³/mol. The summed E-state index contributed by atoms with van der Waals surface area (Å²) >= 11 is 0. The number of carbonyl (C=O) groups excluding carboxylic acids is 2. The first-order valence-electron chi connectivity index (χ1n) is 17.9. The van der Waals surface area contributed by atoms with E-state index in [1.165, 1.54) is 0 Å². The Hall–Kier alpha value is -4.82. The fraction of sp³-hybridized carbons (Fsp3) is 0.500. The summed E-state index contributed by atoms with van der Waals surface area (Å²) in [6.07, 6.45) is 5.23. The van der Waals surface area contributed by atoms with Crippen molar-refractivity contribution in [3.63, 3.8) is 0 Å². The van der Waals surface area contributed by atoms with Crippen LogP contribution < -0.4 is 0 Å². The second-order valence-electron chi connectivity index (χ2n) is 17.1. The maximum Gasteiger partial charge on any atom is 0.411 e. The largest absolute Gasteiger partial charge is 0.444 e. The van der Waals surface area contributed by atoms with E-state index >= 15 is 0 Å². The molecule has 2 saturated carbocycles. The van der Waals surface area contributed by atoms with Gasteiger partial charge in [0, 0.05) is 29.6 Å². The Morgan fingerprint density at radius 2 is 1.49 bits per heavy atom. The van der Waals surface area contributed by atoms with E-state index < -0.39 is 29.4 Å². The van der Waals surface area contributed by atoms with Gasteiger partial charge in [0.05, 0.1) is 35.1 Å². The second-order valence-corrected chi connectivity index (χ2v) is 17.1. The van der Waals surface area contributed by atoms with E-state index in [9.17, 15) is 14.7 Å². The number of aromatic amines is 2. The second kappa shape index (κ2) is 11.6. The zero-order valence-corrected chi connectivity index (χ0v) is 30.2. The third-order valence-corrected chi connectivity index (χ3v) is 10.6. The van der Waals surface area contributed by atoms with Gasteiger partial charge in [0.15, 0.2) is 0 Å². The van der Waals surface area contributed by atoms with Gasteiger partial charge in [0.1, 0.15) is 28.9 Å². The van der Waals surface area contributed by atoms with E-state index in [1.807, 2.05) is 88.9 Å². The van der Waals surface area contributed by atoms with Gasteiger partial charge in [-0.05, 0) is 115 Å². The number of nitrogens with one attached hydrogen (secondary N) is 2. The minimum absolute atomic E-state index is 0.143. The first-order valence-corrected chi connectivity index (χ1v) is 17.9. The summed E-state index contributed by atoms with van der Waals surface area (Å²) in [7, 11) is 0. The van der Waals surface area contributed by atoms with Crippen molar-refractivity contribution in [1.29, 1.82) is 0 Å². The molecule has 2 amide bonds. The molecule has 3 N–H and O–H groups in total. The van der Waals surface area contributed by atoms with E-state index in [0.717, 1.165) is 71.3 Å². The number of ether oxygens (including phenoxy) is 2. The first-order chi connectivity index (χ1) is 24.1. The lowest BCUT2D eigenvalue weighted by Crippen LogP contribution is -2.38. The lowest BCUT2D eigenvalue weighted by Gasteiger charge is -2.28. The molecule has 0 radical (unpaired) electrons. The van der Waals surface area contributed by atoms with Crippen molar-refractivity contribution >= 4 is 23.2 Å². The molecular formula is C40H46N6O5. The standard InChI is InChI=1S/C40H46N6O5/c1-37(2,3)50-35(48)45-22-39(15-16-39)20-30(45)33-42-27-14-11-25(19-28(27)43-33)8-7-24-9-12-26(13-10-24)29-21-41-34(44-29)31-32(47)40(17-18-40)23-46(31)36(49)51-38(4,5)6/h9-14,19,21,30-32,47H,15-18,20,22-23H2,1-6H3,(H,41,44)(H,42,43)/t30-,31-,32-/m0/s1. The van der Waals surface area contributed by atoms with Crippen molar-refractivity contribution < 1.29 is 24.2 Å². The van der Waals surface area contributed by atoms with Crippen molar-refractivity contribution in [3.8, 4) is 23.1 Å². The van der Waals surface area contributed by atoms with Gasteiger partial charge in [-0.25, -0.2) is 19.6 Å². The van der Waals surface area contributed by atoms with Crippen LogP contribution in [0.4, 0.5) is 9.59 Å². The summed E-state index contributed by atoms with van der Waals surface area (Å²) < 4.78 is 11.4. The van der Waals surface area contributed by atoms with Crippen molar-refractivity contribution in [2.24, 2.45) is 10.8 Å². The molecule has 4 heterocycles. The molecule has 0 unspecified atom stereocenters. The van der Waals surface area contributed by atoms with Crippen LogP contribution in [0.1, 0.15) is 109 Å². The molecule has 2 aliphatic carbocycles. The summed E-state index contributed by atoms with van der Waals surface area (Å²) in [5, 5.41) is 11.3. The van der Waals surface area contributed by atoms with Crippen LogP contribution in [0.3, 0.4) is 0 Å². The Morgan fingerprint density at radius 1 is 0.843 bits per heavy atom. The van der Waals surface area contributed by atoms with Crippen LogP contribution >= 0.6 is 0 Å². The predicted octanol–water partition coefficient (Wildman–Crippen LogP) is 7.25. The van der Waals surface area contributed by atoms with E-state index in [4.69, 9.17) is 14.5 Å². The van der Waals surface area contributed by atoms with Gasteiger partial charge in [0.25, 0.3) is 0 Å². The monoisotopic (exact) mass is 690 g/mol. The Kier molecular flexibility index (Phi) is 7.58. The molecule has 2 aromatic heterocycles. The van der Waals surface area contributed by atoms with E-state index in [-0.39, 0.29) is 23.0 Å². The van der Waals surface area contributed by atoms with E-state index in [1.54, 1.807) is 11.1 Å². The highest BCUT2D eigenvalue weighted by molar-refractivity contribution is 5.78. The zero-order valence-electron chi connectivity index (χ0n) is 30.2. The Bertz CT molecular complexity index is 2070. The smallest absolute Gasteiger partial charge is 0.411 e. The number of imidazole rings is 2. The molecule has 266 valence electrons. The topological polar surface area (TPSA) is 137 Å². The molecule has 11 heteroatoms. The number of H-pyrrole nitrogens is 2. The molecule has 0 bridgehead atoms. The average molecular weight is 691 g/mol. The minimum Gasteiger partial charge on any atom is -0.444 e. The van der Waals surface area contributed by atoms with Crippen molar-refractivity contribution in [2.45, 2.75) is 103 Å². The quantitative estimate of drug-likeness (QED) is 0.193. The normalized spacial score (nSPS) is 23.1. The Morgan fingerprint density at radius 3 is 2.14 bits per heavy atom. The molecule has 4 aromatic rings. The van der Waals surface area contributed by atoms with Gasteiger partial charge < -0.3 is 24.5 Å². The highest BCUT2D eigenvalue weighted by Gasteiger charge is 2.62. The van der Waals surface area contributed by atoms with Crippen LogP contribution in [0.2, 0.25) is 0 Å². The number of likely N-dealkylation sites (tertiary alicyclic amines) is 2. The van der Waals surface area contributed by atoms with Crippen molar-refractivity contribution in [1.82, 2.24) is 29.7 Å². The summed E-state index contributed by atoms with van der Waals surface area (Å²) in [4.78, 5) is 46.1. The summed E-state index contributed by atoms with van der Waals surface area (Å²) in [5.41, 5.74) is 3.86. The molecule has 4 fully saturated rings. The van der Waals surface area contributed by atoms with Gasteiger partial charge >= 0.3 is 12.2 Å². The number of amides is 2. The van der Waals surface area contributed by atoms with Gasteiger partial charge in [-0.15, -0.1) is 0 Å². The number of aromatic nitrogens is 4. The van der Waals surface area contributed by atoms with Gasteiger partial charge in [-0.1, -0.05) is 24.0 Å². The highest BCUT2D eigenvalue weighted by Crippen LogP contribution is 2.59. The Labute approximate surface area is 298 Å². The van der Waals surface area contributed by atoms with Crippen LogP contribution in [-0.2, 0) is 9.47 Å². The van der Waals surface area contributed by atoms with Crippen LogP contribution in [-0.4, -0.2) is 77.4 Å². The fourth-order valence-corrected chi connectivity index (χ4v) is 7.57. The Balaban J connectivity index is 0.968. The summed E-state index contributed by atoms with van der Waals surface area (Å²) in [6.45, 7) is 12.4. The maximum absolute atomic E-state index is 13.1. The minimum atomic E-state index is -0.710. The summed E-state index contributed by atoms with van der Waals surface area (Å²) in [5.74, 6) is 7.88. The lowest BCUT2D eigenvalue weighted by molar-refractivity contribution is 0.0136. The highest BCUT2D eigenvalue weighted by atomic mass is 16.6. The molecule has 51 heavy (non-hydrogen) atoms. The zero-order chi connectivity index (χ0) is 35.9. The number of rotatable bonds is 3. The van der Waals surface area contributed by atoms with Crippen LogP contribution in [0.25, 0.3) is 22.3 Å². The molecular weight excluding hydrogens is 644 g/mol. The molecule has 3 atom stereocenters. The van der Waals surface area contributed by atoms with Crippen LogP contribution in [0, 0.1) is 22.7 Å². The van der Waals surface area contributed by atoms with Crippen LogP contribution in [0.5, 0.6) is 0 Å². The summed E-state index contributed by atoms with van der Waals surface area (Å²) in [6, 6.07) is 13.1. The molecule has 8 rings (SSSR count). The number of carbonyl (C=O) groups is 2. The number of hydrogen-bond donors (Lipinski definition) is 3. The van der Waals surface area contributed by atoms with Gasteiger partial charge in [0.2, 0.25) is 0 Å². The van der Waals surface area contributed by atoms with Gasteiger partial charge in [-0.2, -0.15) is 0 Å². The molecule has 2 saturated heterocycles. The maximum atomic E-state index is 13.1. The third-order valence-electron chi connectivity index (χ3n) is 10.6. The SMILES string of the molecule is CC(C)(C)OC(=O)N1CC2(CC2)[C@@H](O)[C@H]1c1ncc(-c2ccc(C#Cc3ccc4nc([C@@H]5CC6(CC6)CN5C(=O)OC(C)(C)C)[nH]c4c3)cc2)[nH]1. The third kappa shape index (κ3) is 6.58. The molecule has 4 aliphatic rings. The number of fused-ring (bicyclic) bond motifs is 1. The first kappa shape index (κ1) is 33.3. The molecule has 2 spiro atoms. The number of aliphatic hydroxyl groups is 1. The van der Waals surface area contributed by atoms with Crippen molar-refractivity contribution in [2.75, 3.05) is 13.1 Å². The van der Waals surface area contributed by atoms with Gasteiger partial charge in [-0.3, -0.25) is 9.80 Å². The lowest BCUT2D eigenvalue weighted by atomic mass is 9.99. The number of nitrogens with zero attached hydrogens (tertiary/aromatic N) is 4. The molecule has 11 nitrogen and oxygen atoms in total. The average Bonchev–Trinajstić information content (AvgIpc) is 3.75. The van der Waals surface area contributed by atoms with Crippen molar-refractivity contribution in [3.05, 3.63) is 71.4 Å². The van der Waals surface area contributed by atoms with E-state index in [2.05, 4.69) is 26.8 Å². The number of aliphatic hydroxyl groups excluding tert-OH is 1. The fourth-order valence-electron chi connectivity index (χ4n) is 7.57. The number of benzene rings is 2. The van der Waals surface area contributed by atoms with Crippen LogP contribution in [0.15, 0.2) is 48.7 Å². The molecule has 2 aromatic carbocycles.